The summed E-state index contributed by atoms with van der Waals surface area (Å²) in [5, 5.41) is 26.6. The Labute approximate surface area is 351 Å². The summed E-state index contributed by atoms with van der Waals surface area (Å²) in [6.45, 7) is 8.59. The highest BCUT2D eigenvalue weighted by molar-refractivity contribution is 5.84. The largest absolute Gasteiger partial charge is 0.396 e. The average Bonchev–Trinajstić information content (AvgIpc) is 3.98. The van der Waals surface area contributed by atoms with Crippen molar-refractivity contribution in [3.63, 3.8) is 0 Å². The summed E-state index contributed by atoms with van der Waals surface area (Å²) in [4.78, 5) is 56.2. The molecule has 0 radical (unpaired) electrons. The van der Waals surface area contributed by atoms with Crippen LogP contribution >= 0.6 is 0 Å². The van der Waals surface area contributed by atoms with E-state index in [1.54, 1.807) is 0 Å². The molecule has 12 nitrogen and oxygen atoms in total. The molecule has 6 heterocycles. The van der Waals surface area contributed by atoms with Crippen LogP contribution in [0.2, 0.25) is 0 Å². The first kappa shape index (κ1) is 42.7. The highest BCUT2D eigenvalue weighted by Gasteiger charge is 2.55. The summed E-state index contributed by atoms with van der Waals surface area (Å²) in [7, 11) is 3.84. The molecule has 2 aromatic carbocycles. The maximum absolute atomic E-state index is 13.2. The fraction of sp³-hybridized carbons (Fsp3) is 0.417. The predicted octanol–water partition coefficient (Wildman–Crippen LogP) is 4.70. The third kappa shape index (κ3) is 7.73. The number of hydrogen-bond acceptors (Lipinski definition) is 8. The van der Waals surface area contributed by atoms with Gasteiger partial charge in [0.1, 0.15) is 0 Å². The molecule has 2 saturated heterocycles. The number of aliphatic hydroxyl groups is 2. The average molecular weight is 815 g/mol. The van der Waals surface area contributed by atoms with Gasteiger partial charge in [-0.15, -0.1) is 0 Å². The maximum Gasteiger partial charge on any atom is 0.258 e. The highest BCUT2D eigenvalue weighted by Crippen LogP contribution is 2.49. The van der Waals surface area contributed by atoms with E-state index in [0.717, 1.165) is 22.5 Å². The third-order valence-electron chi connectivity index (χ3n) is 13.3. The molecule has 60 heavy (non-hydrogen) atoms. The van der Waals surface area contributed by atoms with Gasteiger partial charge in [-0.05, 0) is 77.2 Å². The number of benzene rings is 2. The number of aromatic nitrogens is 2. The van der Waals surface area contributed by atoms with Crippen LogP contribution < -0.4 is 21.8 Å². The van der Waals surface area contributed by atoms with Crippen molar-refractivity contribution < 1.29 is 19.8 Å². The zero-order chi connectivity index (χ0) is 42.8. The molecule has 12 heteroatoms. The zero-order valence-electron chi connectivity index (χ0n) is 35.3. The number of amides is 2. The predicted molar refractivity (Wildman–Crippen MR) is 234 cm³/mol. The second kappa shape index (κ2) is 18.1. The van der Waals surface area contributed by atoms with Gasteiger partial charge in [-0.25, -0.2) is 0 Å². The molecule has 2 fully saturated rings. The standard InChI is InChI=1S/2C24H29N3O3/c2*1-4-8-17-11-12-20-21-18(13-27(20)24(17)30)19(14-28)22(26(21)3)23(29)25-15(2)16-9-6-5-7-10-16/h2*4-12,15,18-19,21-22,28H,13-14H2,1-3H3,(H,25,29)/b8-4+;8-4-/t2*15-,18-,19-,21+,22-/m11/s1. The number of carbonyl (C=O) groups excluding carboxylic acids is 2. The third-order valence-corrected chi connectivity index (χ3v) is 13.3. The normalized spacial score (nSPS) is 26.5. The zero-order valence-corrected chi connectivity index (χ0v) is 35.3. The van der Waals surface area contributed by atoms with Crippen molar-refractivity contribution >= 4 is 24.0 Å². The van der Waals surface area contributed by atoms with E-state index in [0.29, 0.717) is 24.2 Å². The Bertz CT molecular complexity index is 2190. The number of aliphatic hydroxyl groups excluding tert-OH is 2. The molecule has 4 aliphatic rings. The van der Waals surface area contributed by atoms with Crippen molar-refractivity contribution in [1.82, 2.24) is 29.6 Å². The molecule has 4 N–H and O–H groups in total. The van der Waals surface area contributed by atoms with Crippen molar-refractivity contribution in [2.45, 2.75) is 77.0 Å². The van der Waals surface area contributed by atoms with Crippen LogP contribution in [-0.2, 0) is 22.7 Å². The van der Waals surface area contributed by atoms with Crippen LogP contribution in [0.3, 0.4) is 0 Å². The summed E-state index contributed by atoms with van der Waals surface area (Å²) in [5.41, 5.74) is 5.23. The van der Waals surface area contributed by atoms with Crippen molar-refractivity contribution in [3.8, 4) is 0 Å². The second-order valence-corrected chi connectivity index (χ2v) is 16.7. The number of allylic oxidation sites excluding steroid dienone is 2. The van der Waals surface area contributed by atoms with Gasteiger partial charge in [-0.2, -0.15) is 0 Å². The van der Waals surface area contributed by atoms with E-state index in [1.165, 1.54) is 0 Å². The number of carbonyl (C=O) groups is 2. The van der Waals surface area contributed by atoms with Crippen molar-refractivity contribution in [1.29, 1.82) is 0 Å². The summed E-state index contributed by atoms with van der Waals surface area (Å²) in [5.74, 6) is -0.573. The monoisotopic (exact) mass is 814 g/mol. The lowest BCUT2D eigenvalue weighted by molar-refractivity contribution is -0.128. The molecular weight excluding hydrogens is 757 g/mol. The molecular formula is C48H58N6O6. The van der Waals surface area contributed by atoms with Gasteiger partial charge < -0.3 is 30.0 Å². The minimum atomic E-state index is -0.435. The molecule has 2 amide bonds. The van der Waals surface area contributed by atoms with E-state index >= 15 is 0 Å². The number of rotatable bonds is 10. The Hall–Kier alpha value is -5.40. The Morgan fingerprint density at radius 2 is 1.00 bits per heavy atom. The molecule has 0 aliphatic carbocycles. The lowest BCUT2D eigenvalue weighted by Gasteiger charge is -2.28. The van der Waals surface area contributed by atoms with E-state index in [-0.39, 0.29) is 84.0 Å². The summed E-state index contributed by atoms with van der Waals surface area (Å²) < 4.78 is 3.62. The van der Waals surface area contributed by atoms with Crippen LogP contribution in [0, 0.1) is 23.7 Å². The maximum atomic E-state index is 13.2. The first-order chi connectivity index (χ1) is 28.9. The summed E-state index contributed by atoms with van der Waals surface area (Å²) in [6.07, 6.45) is 7.35. The number of pyridine rings is 2. The molecule has 0 bridgehead atoms. The van der Waals surface area contributed by atoms with E-state index in [1.807, 2.05) is 170 Å². The molecule has 0 unspecified atom stereocenters. The SMILES string of the molecule is C/C=C/c1ccc2n(c1=O)C[C@@H]1[C@@H](CO)[C@H](C(=O)N[C@H](C)c3ccccc3)N(C)[C@H]21.C/C=C\c1ccc2n(c1=O)C[C@@H]1[C@@H](CO)[C@H](C(=O)N[C@H](C)c3ccccc3)N(C)[C@H]21. The number of likely N-dealkylation sites (N-methyl/N-ethyl adjacent to an activating group) is 2. The molecule has 10 atom stereocenters. The van der Waals surface area contributed by atoms with Crippen LogP contribution in [0.15, 0.2) is 107 Å². The smallest absolute Gasteiger partial charge is 0.258 e. The summed E-state index contributed by atoms with van der Waals surface area (Å²) in [6, 6.07) is 26.1. The number of hydrogen-bond donors (Lipinski definition) is 4. The Morgan fingerprint density at radius 1 is 0.633 bits per heavy atom. The quantitative estimate of drug-likeness (QED) is 0.180. The number of fused-ring (bicyclic) bond motifs is 6. The van der Waals surface area contributed by atoms with Crippen LogP contribution in [0.25, 0.3) is 12.2 Å². The van der Waals surface area contributed by atoms with Gasteiger partial charge >= 0.3 is 0 Å². The molecule has 0 saturated carbocycles. The topological polar surface area (TPSA) is 149 Å². The van der Waals surface area contributed by atoms with Crippen LogP contribution in [-0.4, -0.2) is 80.4 Å². The first-order valence-electron chi connectivity index (χ1n) is 21.0. The second-order valence-electron chi connectivity index (χ2n) is 16.7. The minimum Gasteiger partial charge on any atom is -0.396 e. The van der Waals surface area contributed by atoms with Crippen LogP contribution in [0.1, 0.15) is 85.5 Å². The van der Waals surface area contributed by atoms with Crippen molar-refractivity contribution in [2.75, 3.05) is 27.3 Å². The fourth-order valence-corrected chi connectivity index (χ4v) is 10.4. The molecule has 316 valence electrons. The Kier molecular flexibility index (Phi) is 12.9. The van der Waals surface area contributed by atoms with E-state index in [4.69, 9.17) is 0 Å². The lowest BCUT2D eigenvalue weighted by Crippen LogP contribution is -2.47. The van der Waals surface area contributed by atoms with Crippen LogP contribution in [0.4, 0.5) is 0 Å². The van der Waals surface area contributed by atoms with Gasteiger partial charge in [-0.3, -0.25) is 29.0 Å². The lowest BCUT2D eigenvalue weighted by atomic mass is 9.88. The van der Waals surface area contributed by atoms with E-state index in [2.05, 4.69) is 10.6 Å². The van der Waals surface area contributed by atoms with Gasteiger partial charge in [0.15, 0.2) is 0 Å². The van der Waals surface area contributed by atoms with E-state index in [9.17, 15) is 29.4 Å². The van der Waals surface area contributed by atoms with Gasteiger partial charge in [-0.1, -0.05) is 85.0 Å². The molecule has 0 spiro atoms. The van der Waals surface area contributed by atoms with Gasteiger partial charge in [0, 0.05) is 72.5 Å². The molecule has 4 aliphatic heterocycles. The van der Waals surface area contributed by atoms with Crippen molar-refractivity contribution in [3.05, 3.63) is 151 Å². The van der Waals surface area contributed by atoms with Gasteiger partial charge in [0.25, 0.3) is 11.1 Å². The fourth-order valence-electron chi connectivity index (χ4n) is 10.4. The van der Waals surface area contributed by atoms with E-state index < -0.39 is 12.1 Å². The molecule has 8 rings (SSSR count). The molecule has 4 aromatic rings. The van der Waals surface area contributed by atoms with Gasteiger partial charge in [0.05, 0.1) is 36.3 Å². The minimum absolute atomic E-state index is 0.0104. The van der Waals surface area contributed by atoms with Crippen molar-refractivity contribution in [2.24, 2.45) is 23.7 Å². The number of nitrogens with zero attached hydrogens (tertiary/aromatic N) is 4. The Morgan fingerprint density at radius 3 is 1.33 bits per heavy atom. The first-order valence-corrected chi connectivity index (χ1v) is 21.0. The van der Waals surface area contributed by atoms with Crippen LogP contribution in [0.5, 0.6) is 0 Å². The molecule has 2 aromatic heterocycles. The number of likely N-dealkylation sites (tertiary alicyclic amines) is 2. The summed E-state index contributed by atoms with van der Waals surface area (Å²) >= 11 is 0. The highest BCUT2D eigenvalue weighted by atomic mass is 16.3. The number of nitrogens with one attached hydrogen (secondary N) is 2. The Balaban J connectivity index is 0.000000181. The van der Waals surface area contributed by atoms with Gasteiger partial charge in [0.2, 0.25) is 11.8 Å².